The molecule has 5 nitrogen and oxygen atoms in total. The third kappa shape index (κ3) is 2.03. The van der Waals surface area contributed by atoms with Crippen LogP contribution in [0.4, 0.5) is 0 Å². The van der Waals surface area contributed by atoms with Crippen molar-refractivity contribution in [3.8, 4) is 17.1 Å². The molecular formula is C16H14N4O. The van der Waals surface area contributed by atoms with Crippen LogP contribution in [0.5, 0.6) is 5.75 Å². The van der Waals surface area contributed by atoms with Crippen molar-refractivity contribution in [2.24, 2.45) is 4.99 Å². The Morgan fingerprint density at radius 2 is 1.81 bits per heavy atom. The molecule has 1 aliphatic heterocycles. The Bertz CT molecular complexity index is 833. The van der Waals surface area contributed by atoms with Crippen LogP contribution in [0.3, 0.4) is 0 Å². The van der Waals surface area contributed by atoms with E-state index in [1.54, 1.807) is 12.1 Å². The first kappa shape index (κ1) is 12.0. The normalized spacial score (nSPS) is 14.2. The molecule has 0 bridgehead atoms. The van der Waals surface area contributed by atoms with E-state index in [4.69, 9.17) is 0 Å². The second kappa shape index (κ2) is 4.63. The molecule has 0 fully saturated rings. The fraction of sp³-hybridized carbons (Fsp3) is 0.125. The van der Waals surface area contributed by atoms with Gasteiger partial charge in [0.2, 0.25) is 0 Å². The lowest BCUT2D eigenvalue weighted by Gasteiger charge is -2.03. The molecule has 1 aromatic heterocycles. The third-order valence-corrected chi connectivity index (χ3v) is 3.60. The smallest absolute Gasteiger partial charge is 0.143 e. The van der Waals surface area contributed by atoms with Gasteiger partial charge in [0, 0.05) is 17.7 Å². The fourth-order valence-electron chi connectivity index (χ4n) is 2.53. The van der Waals surface area contributed by atoms with Gasteiger partial charge in [0.15, 0.2) is 0 Å². The standard InChI is InChI=1S/C16H14N4O/c21-13-3-1-2-12-14(13)20-16(19-12)11-6-4-10(5-7-11)15-17-8-9-18-15/h1-7,21H,8-9H2,(H,17,18)(H,19,20). The zero-order valence-electron chi connectivity index (χ0n) is 11.3. The molecule has 0 unspecified atom stereocenters. The highest BCUT2D eigenvalue weighted by atomic mass is 16.3. The number of nitrogens with one attached hydrogen (secondary N) is 2. The molecule has 2 heterocycles. The monoisotopic (exact) mass is 278 g/mol. The third-order valence-electron chi connectivity index (χ3n) is 3.60. The number of fused-ring (bicyclic) bond motifs is 1. The van der Waals surface area contributed by atoms with E-state index in [0.717, 1.165) is 41.4 Å². The Balaban J connectivity index is 1.73. The molecule has 0 radical (unpaired) electrons. The van der Waals surface area contributed by atoms with Crippen LogP contribution < -0.4 is 5.32 Å². The molecule has 1 aliphatic rings. The van der Waals surface area contributed by atoms with Gasteiger partial charge in [-0.25, -0.2) is 4.98 Å². The number of amidine groups is 1. The SMILES string of the molecule is Oc1cccc2[nH]c(-c3ccc(C4=NCCN4)cc3)nc12. The first-order valence-electron chi connectivity index (χ1n) is 6.88. The average Bonchev–Trinajstić information content (AvgIpc) is 3.18. The predicted octanol–water partition coefficient (Wildman–Crippen LogP) is 2.29. The molecule has 0 aliphatic carbocycles. The van der Waals surface area contributed by atoms with Gasteiger partial charge in [-0.2, -0.15) is 0 Å². The number of aromatic nitrogens is 2. The summed E-state index contributed by atoms with van der Waals surface area (Å²) in [6.45, 7) is 1.74. The van der Waals surface area contributed by atoms with Crippen molar-refractivity contribution in [2.45, 2.75) is 0 Å². The van der Waals surface area contributed by atoms with Crippen LogP contribution in [0.15, 0.2) is 47.5 Å². The van der Waals surface area contributed by atoms with Crippen LogP contribution in [0, 0.1) is 0 Å². The second-order valence-corrected chi connectivity index (χ2v) is 4.99. The van der Waals surface area contributed by atoms with Crippen molar-refractivity contribution in [2.75, 3.05) is 13.1 Å². The number of benzene rings is 2. The van der Waals surface area contributed by atoms with Crippen molar-refractivity contribution in [1.29, 1.82) is 0 Å². The highest BCUT2D eigenvalue weighted by Crippen LogP contribution is 2.26. The highest BCUT2D eigenvalue weighted by molar-refractivity contribution is 6.00. The Labute approximate surface area is 121 Å². The van der Waals surface area contributed by atoms with E-state index in [2.05, 4.69) is 20.3 Å². The predicted molar refractivity (Wildman–Crippen MR) is 82.6 cm³/mol. The number of nitrogens with zero attached hydrogens (tertiary/aromatic N) is 2. The number of para-hydroxylation sites is 1. The van der Waals surface area contributed by atoms with Gasteiger partial charge in [-0.1, -0.05) is 30.3 Å². The molecular weight excluding hydrogens is 264 g/mol. The van der Waals surface area contributed by atoms with Crippen molar-refractivity contribution < 1.29 is 5.11 Å². The van der Waals surface area contributed by atoms with Gasteiger partial charge in [-0.3, -0.25) is 4.99 Å². The number of hydrogen-bond acceptors (Lipinski definition) is 4. The molecule has 3 aromatic rings. The van der Waals surface area contributed by atoms with Crippen LogP contribution in [-0.2, 0) is 0 Å². The van der Waals surface area contributed by atoms with E-state index in [0.29, 0.717) is 5.52 Å². The summed E-state index contributed by atoms with van der Waals surface area (Å²) < 4.78 is 0. The molecule has 0 spiro atoms. The average molecular weight is 278 g/mol. The molecule has 0 atom stereocenters. The van der Waals surface area contributed by atoms with Crippen LogP contribution in [0.1, 0.15) is 5.56 Å². The lowest BCUT2D eigenvalue weighted by molar-refractivity contribution is 0.480. The maximum Gasteiger partial charge on any atom is 0.143 e. The van der Waals surface area contributed by atoms with Gasteiger partial charge in [0.1, 0.15) is 22.9 Å². The highest BCUT2D eigenvalue weighted by Gasteiger charge is 2.10. The molecule has 3 N–H and O–H groups in total. The van der Waals surface area contributed by atoms with E-state index >= 15 is 0 Å². The Morgan fingerprint density at radius 3 is 2.52 bits per heavy atom. The molecule has 5 heteroatoms. The molecule has 104 valence electrons. The molecule has 4 rings (SSSR count). The van der Waals surface area contributed by atoms with Crippen LogP contribution in [0.2, 0.25) is 0 Å². The minimum atomic E-state index is 0.191. The Hall–Kier alpha value is -2.82. The number of rotatable bonds is 2. The number of hydrogen-bond donors (Lipinski definition) is 3. The number of phenols is 1. The van der Waals surface area contributed by atoms with Gasteiger partial charge < -0.3 is 15.4 Å². The van der Waals surface area contributed by atoms with Crippen molar-refractivity contribution in [1.82, 2.24) is 15.3 Å². The van der Waals surface area contributed by atoms with Crippen molar-refractivity contribution in [3.63, 3.8) is 0 Å². The van der Waals surface area contributed by atoms with Crippen LogP contribution in [-0.4, -0.2) is 34.0 Å². The zero-order valence-corrected chi connectivity index (χ0v) is 11.3. The topological polar surface area (TPSA) is 73.3 Å². The Morgan fingerprint density at radius 1 is 1.00 bits per heavy atom. The number of imidazole rings is 1. The number of aromatic amines is 1. The number of H-pyrrole nitrogens is 1. The second-order valence-electron chi connectivity index (χ2n) is 4.99. The first-order valence-corrected chi connectivity index (χ1v) is 6.88. The van der Waals surface area contributed by atoms with Crippen molar-refractivity contribution in [3.05, 3.63) is 48.0 Å². The van der Waals surface area contributed by atoms with Gasteiger partial charge in [0.25, 0.3) is 0 Å². The summed E-state index contributed by atoms with van der Waals surface area (Å²) in [5.74, 6) is 1.89. The quantitative estimate of drug-likeness (QED) is 0.673. The fourth-order valence-corrected chi connectivity index (χ4v) is 2.53. The summed E-state index contributed by atoms with van der Waals surface area (Å²) in [6, 6.07) is 13.4. The van der Waals surface area contributed by atoms with Gasteiger partial charge in [-0.15, -0.1) is 0 Å². The van der Waals surface area contributed by atoms with Crippen molar-refractivity contribution >= 4 is 16.9 Å². The maximum absolute atomic E-state index is 9.81. The molecule has 0 saturated heterocycles. The summed E-state index contributed by atoms with van der Waals surface area (Å²) in [6.07, 6.45) is 0. The molecule has 21 heavy (non-hydrogen) atoms. The van der Waals surface area contributed by atoms with E-state index in [-0.39, 0.29) is 5.75 Å². The van der Waals surface area contributed by atoms with Gasteiger partial charge in [-0.05, 0) is 12.1 Å². The molecule has 0 saturated carbocycles. The number of aliphatic imine (C=N–C) groups is 1. The van der Waals surface area contributed by atoms with Gasteiger partial charge in [0.05, 0.1) is 12.1 Å². The summed E-state index contributed by atoms with van der Waals surface area (Å²) >= 11 is 0. The van der Waals surface area contributed by atoms with E-state index in [1.165, 1.54) is 0 Å². The van der Waals surface area contributed by atoms with E-state index in [1.807, 2.05) is 30.3 Å². The summed E-state index contributed by atoms with van der Waals surface area (Å²) in [7, 11) is 0. The minimum absolute atomic E-state index is 0.191. The Kier molecular flexibility index (Phi) is 2.64. The lowest BCUT2D eigenvalue weighted by atomic mass is 10.1. The number of phenolic OH excluding ortho intramolecular Hbond substituents is 1. The first-order chi connectivity index (χ1) is 10.3. The van der Waals surface area contributed by atoms with Crippen LogP contribution in [0.25, 0.3) is 22.4 Å². The van der Waals surface area contributed by atoms with E-state index in [9.17, 15) is 5.11 Å². The molecule has 0 amide bonds. The lowest BCUT2D eigenvalue weighted by Crippen LogP contribution is -2.19. The summed E-state index contributed by atoms with van der Waals surface area (Å²) in [5, 5.41) is 13.1. The largest absolute Gasteiger partial charge is 0.506 e. The molecule has 2 aromatic carbocycles. The number of aromatic hydroxyl groups is 1. The van der Waals surface area contributed by atoms with Crippen LogP contribution >= 0.6 is 0 Å². The zero-order chi connectivity index (χ0) is 14.2. The van der Waals surface area contributed by atoms with E-state index < -0.39 is 0 Å². The van der Waals surface area contributed by atoms with Gasteiger partial charge >= 0.3 is 0 Å². The summed E-state index contributed by atoms with van der Waals surface area (Å²) in [4.78, 5) is 12.1. The minimum Gasteiger partial charge on any atom is -0.506 e. The maximum atomic E-state index is 9.81. The summed E-state index contributed by atoms with van der Waals surface area (Å²) in [5.41, 5.74) is 3.48.